The Hall–Kier alpha value is -2.11. The van der Waals surface area contributed by atoms with Gasteiger partial charge in [0.05, 0.1) is 5.56 Å². The first-order valence-corrected chi connectivity index (χ1v) is 10.9. The lowest BCUT2D eigenvalue weighted by molar-refractivity contribution is 0.0581. The molecule has 1 heterocycles. The van der Waals surface area contributed by atoms with Crippen LogP contribution in [0.25, 0.3) is 0 Å². The van der Waals surface area contributed by atoms with E-state index in [1.54, 1.807) is 18.3 Å². The molecule has 2 aliphatic rings. The van der Waals surface area contributed by atoms with Crippen LogP contribution in [0.2, 0.25) is 5.02 Å². The molecule has 0 aliphatic heterocycles. The number of nitrogens with two attached hydrogens (primary N) is 2. The van der Waals surface area contributed by atoms with Gasteiger partial charge in [-0.3, -0.25) is 4.79 Å². The van der Waals surface area contributed by atoms with Crippen LogP contribution in [0.3, 0.4) is 0 Å². The number of carbonyl (C=O) groups excluding carboxylic acids is 1. The zero-order valence-electron chi connectivity index (χ0n) is 16.7. The van der Waals surface area contributed by atoms with Gasteiger partial charge in [-0.05, 0) is 74.3 Å². The van der Waals surface area contributed by atoms with E-state index in [-0.39, 0.29) is 17.4 Å². The normalized spacial score (nSPS) is 24.3. The van der Waals surface area contributed by atoms with Crippen LogP contribution >= 0.6 is 11.6 Å². The number of hydrogen-bond donors (Lipinski definition) is 2. The molecule has 0 radical (unpaired) electrons. The summed E-state index contributed by atoms with van der Waals surface area (Å²) in [6, 6.07) is 11.8. The molecule has 1 aromatic carbocycles. The monoisotopic (exact) mass is 412 g/mol. The van der Waals surface area contributed by atoms with Crippen molar-refractivity contribution in [1.82, 2.24) is 9.88 Å². The Labute approximate surface area is 177 Å². The molecular weight excluding hydrogens is 384 g/mol. The van der Waals surface area contributed by atoms with Gasteiger partial charge in [-0.1, -0.05) is 23.7 Å². The second kappa shape index (κ2) is 8.33. The standard InChI is InChI=1S/C23H29ClN4O/c24-19-3-1-2-18(12-19)23(15-25)10-8-20(9-11-23)28(14-16-4-5-16)22(29)17-6-7-21(26)27-13-17/h1-3,6-7,12-13,16,20H,4-5,8-11,14-15,25H2,(H2,26,27). The highest BCUT2D eigenvalue weighted by Gasteiger charge is 2.40. The second-order valence-corrected chi connectivity index (χ2v) is 9.04. The maximum Gasteiger partial charge on any atom is 0.255 e. The van der Waals surface area contributed by atoms with Crippen molar-refractivity contribution < 1.29 is 4.79 Å². The molecule has 154 valence electrons. The molecule has 5 nitrogen and oxygen atoms in total. The molecule has 4 rings (SSSR count). The van der Waals surface area contributed by atoms with Gasteiger partial charge >= 0.3 is 0 Å². The fourth-order valence-electron chi connectivity index (χ4n) is 4.57. The number of benzene rings is 1. The first-order valence-electron chi connectivity index (χ1n) is 10.5. The number of halogens is 1. The van der Waals surface area contributed by atoms with Gasteiger partial charge < -0.3 is 16.4 Å². The van der Waals surface area contributed by atoms with Gasteiger partial charge in [0.1, 0.15) is 5.82 Å². The largest absolute Gasteiger partial charge is 0.384 e. The third-order valence-corrected chi connectivity index (χ3v) is 6.86. The minimum absolute atomic E-state index is 0.0571. The van der Waals surface area contributed by atoms with Gasteiger partial charge in [-0.15, -0.1) is 0 Å². The first kappa shape index (κ1) is 20.2. The van der Waals surface area contributed by atoms with Crippen molar-refractivity contribution >= 4 is 23.3 Å². The maximum absolute atomic E-state index is 13.3. The summed E-state index contributed by atoms with van der Waals surface area (Å²) in [6.07, 6.45) is 7.84. The number of hydrogen-bond acceptors (Lipinski definition) is 4. The Kier molecular flexibility index (Phi) is 5.79. The average molecular weight is 413 g/mol. The molecule has 6 heteroatoms. The molecule has 2 aliphatic carbocycles. The van der Waals surface area contributed by atoms with Crippen LogP contribution < -0.4 is 11.5 Å². The Morgan fingerprint density at radius 2 is 1.93 bits per heavy atom. The number of amides is 1. The van der Waals surface area contributed by atoms with Crippen molar-refractivity contribution in [3.63, 3.8) is 0 Å². The van der Waals surface area contributed by atoms with E-state index in [0.29, 0.717) is 23.8 Å². The molecule has 0 atom stereocenters. The number of aromatic nitrogens is 1. The van der Waals surface area contributed by atoms with Crippen molar-refractivity contribution in [3.05, 3.63) is 58.7 Å². The molecule has 2 fully saturated rings. The molecular formula is C23H29ClN4O. The molecule has 0 saturated heterocycles. The first-order chi connectivity index (χ1) is 14.0. The van der Waals surface area contributed by atoms with Gasteiger partial charge in [0, 0.05) is 35.8 Å². The van der Waals surface area contributed by atoms with Gasteiger partial charge in [0.2, 0.25) is 0 Å². The van der Waals surface area contributed by atoms with E-state index in [2.05, 4.69) is 16.0 Å². The summed E-state index contributed by atoms with van der Waals surface area (Å²) in [4.78, 5) is 19.5. The molecule has 0 spiro atoms. The fourth-order valence-corrected chi connectivity index (χ4v) is 4.76. The molecule has 4 N–H and O–H groups in total. The minimum atomic E-state index is -0.0571. The highest BCUT2D eigenvalue weighted by Crippen LogP contribution is 2.42. The van der Waals surface area contributed by atoms with E-state index in [4.69, 9.17) is 23.1 Å². The van der Waals surface area contributed by atoms with Crippen LogP contribution in [0, 0.1) is 5.92 Å². The minimum Gasteiger partial charge on any atom is -0.384 e. The Morgan fingerprint density at radius 3 is 2.52 bits per heavy atom. The Morgan fingerprint density at radius 1 is 1.17 bits per heavy atom. The lowest BCUT2D eigenvalue weighted by atomic mass is 9.68. The summed E-state index contributed by atoms with van der Waals surface area (Å²) < 4.78 is 0. The van der Waals surface area contributed by atoms with Gasteiger partial charge in [-0.2, -0.15) is 0 Å². The van der Waals surface area contributed by atoms with E-state index in [1.165, 1.54) is 18.4 Å². The summed E-state index contributed by atoms with van der Waals surface area (Å²) in [6.45, 7) is 1.43. The SMILES string of the molecule is NCC1(c2cccc(Cl)c2)CCC(N(CC2CC2)C(=O)c2ccc(N)nc2)CC1. The molecule has 29 heavy (non-hydrogen) atoms. The predicted molar refractivity (Wildman–Crippen MR) is 117 cm³/mol. The maximum atomic E-state index is 13.3. The van der Waals surface area contributed by atoms with Crippen LogP contribution in [0.4, 0.5) is 5.82 Å². The lowest BCUT2D eigenvalue weighted by Gasteiger charge is -2.43. The number of carbonyl (C=O) groups is 1. The van der Waals surface area contributed by atoms with Crippen LogP contribution in [0.15, 0.2) is 42.6 Å². The van der Waals surface area contributed by atoms with Crippen LogP contribution in [0.1, 0.15) is 54.4 Å². The molecule has 0 unspecified atom stereocenters. The van der Waals surface area contributed by atoms with Crippen LogP contribution in [-0.2, 0) is 5.41 Å². The van der Waals surface area contributed by atoms with Crippen molar-refractivity contribution in [3.8, 4) is 0 Å². The highest BCUT2D eigenvalue weighted by molar-refractivity contribution is 6.30. The van der Waals surface area contributed by atoms with E-state index < -0.39 is 0 Å². The zero-order chi connectivity index (χ0) is 20.4. The second-order valence-electron chi connectivity index (χ2n) is 8.60. The molecule has 2 saturated carbocycles. The average Bonchev–Trinajstić information content (AvgIpc) is 3.56. The van der Waals surface area contributed by atoms with Gasteiger partial charge in [0.15, 0.2) is 0 Å². The number of rotatable bonds is 6. The number of pyridine rings is 1. The van der Waals surface area contributed by atoms with Crippen molar-refractivity contribution in [2.75, 3.05) is 18.8 Å². The van der Waals surface area contributed by atoms with Gasteiger partial charge in [0.25, 0.3) is 5.91 Å². The molecule has 1 aromatic heterocycles. The van der Waals surface area contributed by atoms with E-state index in [9.17, 15) is 4.79 Å². The lowest BCUT2D eigenvalue weighted by Crippen LogP contribution is -2.48. The summed E-state index contributed by atoms with van der Waals surface area (Å²) in [7, 11) is 0. The van der Waals surface area contributed by atoms with Crippen molar-refractivity contribution in [2.45, 2.75) is 50.0 Å². The highest BCUT2D eigenvalue weighted by atomic mass is 35.5. The number of nitrogens with zero attached hydrogens (tertiary/aromatic N) is 2. The van der Waals surface area contributed by atoms with Crippen LogP contribution in [0.5, 0.6) is 0 Å². The Bertz CT molecular complexity index is 857. The predicted octanol–water partition coefficient (Wildman–Crippen LogP) is 4.01. The summed E-state index contributed by atoms with van der Waals surface area (Å²) in [5, 5.41) is 0.749. The van der Waals surface area contributed by atoms with Gasteiger partial charge in [-0.25, -0.2) is 4.98 Å². The van der Waals surface area contributed by atoms with E-state index >= 15 is 0 Å². The summed E-state index contributed by atoms with van der Waals surface area (Å²) in [5.74, 6) is 1.13. The number of nitrogen functional groups attached to an aromatic ring is 1. The van der Waals surface area contributed by atoms with Crippen molar-refractivity contribution in [2.24, 2.45) is 11.7 Å². The topological polar surface area (TPSA) is 85.2 Å². The van der Waals surface area contributed by atoms with Crippen LogP contribution in [-0.4, -0.2) is 34.9 Å². The summed E-state index contributed by atoms with van der Waals surface area (Å²) >= 11 is 6.24. The molecule has 2 aromatic rings. The smallest absolute Gasteiger partial charge is 0.255 e. The third-order valence-electron chi connectivity index (χ3n) is 6.63. The summed E-state index contributed by atoms with van der Waals surface area (Å²) in [5.41, 5.74) is 13.7. The third kappa shape index (κ3) is 4.41. The Balaban J connectivity index is 1.51. The molecule has 1 amide bonds. The number of anilines is 1. The van der Waals surface area contributed by atoms with Crippen molar-refractivity contribution in [1.29, 1.82) is 0 Å². The van der Waals surface area contributed by atoms with E-state index in [0.717, 1.165) is 37.3 Å². The quantitative estimate of drug-likeness (QED) is 0.750. The zero-order valence-corrected chi connectivity index (χ0v) is 17.4. The fraction of sp³-hybridized carbons (Fsp3) is 0.478. The van der Waals surface area contributed by atoms with E-state index in [1.807, 2.05) is 18.2 Å². The molecule has 0 bridgehead atoms.